The molecule has 1 saturated carbocycles. The van der Waals surface area contributed by atoms with Crippen molar-refractivity contribution in [3.05, 3.63) is 29.1 Å². The van der Waals surface area contributed by atoms with Crippen LogP contribution in [0.5, 0.6) is 0 Å². The van der Waals surface area contributed by atoms with Crippen molar-refractivity contribution >= 4 is 15.9 Å². The Labute approximate surface area is 123 Å². The number of sulfonamides is 1. The monoisotopic (exact) mass is 314 g/mol. The quantitative estimate of drug-likeness (QED) is 0.886. The van der Waals surface area contributed by atoms with Crippen LogP contribution in [0.4, 0.5) is 4.39 Å². The van der Waals surface area contributed by atoms with E-state index in [2.05, 4.69) is 12.2 Å². The highest BCUT2D eigenvalue weighted by Gasteiger charge is 2.32. The minimum Gasteiger partial charge on any atom is -0.351 e. The van der Waals surface area contributed by atoms with Crippen LogP contribution in [0.3, 0.4) is 0 Å². The fraction of sp³-hybridized carbons (Fsp3) is 0.500. The Morgan fingerprint density at radius 2 is 2.05 bits per heavy atom. The average molecular weight is 314 g/mol. The predicted octanol–water partition coefficient (Wildman–Crippen LogP) is 1.70. The Balaban J connectivity index is 2.24. The highest BCUT2D eigenvalue weighted by atomic mass is 32.2. The maximum Gasteiger partial charge on any atom is 0.254 e. The number of carbonyl (C=O) groups excluding carboxylic acids is 1. The number of hydrogen-bond donors (Lipinski definition) is 2. The summed E-state index contributed by atoms with van der Waals surface area (Å²) in [7, 11) is -3.99. The highest BCUT2D eigenvalue weighted by molar-refractivity contribution is 7.89. The van der Waals surface area contributed by atoms with Crippen molar-refractivity contribution in [1.29, 1.82) is 0 Å². The predicted molar refractivity (Wildman–Crippen MR) is 76.8 cm³/mol. The molecule has 0 spiro atoms. The topological polar surface area (TPSA) is 89.3 Å². The lowest BCUT2D eigenvalue weighted by molar-refractivity contribution is 0.0886. The number of rotatable bonds is 4. The van der Waals surface area contributed by atoms with Crippen molar-refractivity contribution in [3.63, 3.8) is 0 Å². The minimum absolute atomic E-state index is 0.0552. The number of carbonyl (C=O) groups is 1. The molecule has 0 aliphatic heterocycles. The van der Waals surface area contributed by atoms with Gasteiger partial charge in [0.05, 0.1) is 10.5 Å². The molecule has 116 valence electrons. The zero-order valence-electron chi connectivity index (χ0n) is 12.1. The molecule has 1 aromatic carbocycles. The smallest absolute Gasteiger partial charge is 0.254 e. The van der Waals surface area contributed by atoms with Crippen molar-refractivity contribution in [3.8, 4) is 0 Å². The molecule has 2 rings (SSSR count). The van der Waals surface area contributed by atoms with E-state index < -0.39 is 21.7 Å². The molecule has 5 nitrogen and oxygen atoms in total. The summed E-state index contributed by atoms with van der Waals surface area (Å²) in [6.45, 7) is 3.93. The van der Waals surface area contributed by atoms with Gasteiger partial charge in [-0.3, -0.25) is 4.79 Å². The number of hydrogen-bond acceptors (Lipinski definition) is 3. The van der Waals surface area contributed by atoms with Gasteiger partial charge in [0.1, 0.15) is 5.82 Å². The van der Waals surface area contributed by atoms with Crippen LogP contribution in [0.1, 0.15) is 42.1 Å². The van der Waals surface area contributed by atoms with Crippen LogP contribution in [-0.2, 0) is 10.0 Å². The minimum atomic E-state index is -3.99. The van der Waals surface area contributed by atoms with Gasteiger partial charge < -0.3 is 5.32 Å². The van der Waals surface area contributed by atoms with Crippen LogP contribution in [0.2, 0.25) is 0 Å². The van der Waals surface area contributed by atoms with Gasteiger partial charge in [-0.1, -0.05) is 13.3 Å². The van der Waals surface area contributed by atoms with E-state index in [1.54, 1.807) is 0 Å². The molecule has 0 saturated heterocycles. The maximum atomic E-state index is 13.9. The van der Waals surface area contributed by atoms with Gasteiger partial charge in [0, 0.05) is 6.54 Å². The van der Waals surface area contributed by atoms with Gasteiger partial charge in [-0.15, -0.1) is 0 Å². The van der Waals surface area contributed by atoms with Crippen LogP contribution < -0.4 is 10.5 Å². The SMILES string of the molecule is Cc1cc(F)c(C(=O)NCC2(C)CCC2)cc1S(N)(=O)=O. The Morgan fingerprint density at radius 1 is 1.43 bits per heavy atom. The lowest BCUT2D eigenvalue weighted by Gasteiger charge is -2.38. The van der Waals surface area contributed by atoms with Gasteiger partial charge in [-0.25, -0.2) is 17.9 Å². The van der Waals surface area contributed by atoms with Gasteiger partial charge in [-0.05, 0) is 42.9 Å². The average Bonchev–Trinajstić information content (AvgIpc) is 2.32. The largest absolute Gasteiger partial charge is 0.351 e. The second-order valence-electron chi connectivity index (χ2n) is 5.99. The first kappa shape index (κ1) is 15.9. The van der Waals surface area contributed by atoms with E-state index in [9.17, 15) is 17.6 Å². The van der Waals surface area contributed by atoms with Crippen LogP contribution in [0, 0.1) is 18.2 Å². The summed E-state index contributed by atoms with van der Waals surface area (Å²) in [5, 5.41) is 7.73. The van der Waals surface area contributed by atoms with Gasteiger partial charge in [0.2, 0.25) is 10.0 Å². The second-order valence-corrected chi connectivity index (χ2v) is 7.52. The van der Waals surface area contributed by atoms with E-state index in [0.29, 0.717) is 6.54 Å². The molecule has 1 fully saturated rings. The maximum absolute atomic E-state index is 13.9. The van der Waals surface area contributed by atoms with Crippen LogP contribution in [0.25, 0.3) is 0 Å². The second kappa shape index (κ2) is 5.38. The first-order valence-electron chi connectivity index (χ1n) is 6.74. The third kappa shape index (κ3) is 3.41. The molecule has 0 unspecified atom stereocenters. The van der Waals surface area contributed by atoms with Crippen molar-refractivity contribution in [2.45, 2.75) is 38.0 Å². The molecule has 0 heterocycles. The Bertz CT molecular complexity index is 682. The Kier molecular flexibility index (Phi) is 4.08. The van der Waals surface area contributed by atoms with E-state index in [4.69, 9.17) is 5.14 Å². The van der Waals surface area contributed by atoms with Crippen LogP contribution in [0.15, 0.2) is 17.0 Å². The Hall–Kier alpha value is -1.47. The molecule has 1 aromatic rings. The molecule has 7 heteroatoms. The number of nitrogens with two attached hydrogens (primary N) is 1. The first-order valence-corrected chi connectivity index (χ1v) is 8.28. The van der Waals surface area contributed by atoms with Gasteiger partial charge in [-0.2, -0.15) is 0 Å². The van der Waals surface area contributed by atoms with Gasteiger partial charge >= 0.3 is 0 Å². The summed E-state index contributed by atoms with van der Waals surface area (Å²) in [5.74, 6) is -1.37. The molecule has 0 aromatic heterocycles. The van der Waals surface area contributed by atoms with Crippen molar-refractivity contribution < 1.29 is 17.6 Å². The lowest BCUT2D eigenvalue weighted by atomic mass is 9.70. The summed E-state index contributed by atoms with van der Waals surface area (Å²) >= 11 is 0. The summed E-state index contributed by atoms with van der Waals surface area (Å²) in [6, 6.07) is 2.01. The standard InChI is InChI=1S/C14H19FN2O3S/c1-9-6-11(15)10(7-12(9)21(16,19)20)13(18)17-8-14(2)4-3-5-14/h6-7H,3-5,8H2,1-2H3,(H,17,18)(H2,16,19,20). The fourth-order valence-corrected chi connectivity index (χ4v) is 3.27. The van der Waals surface area contributed by atoms with Crippen molar-refractivity contribution in [2.75, 3.05) is 6.54 Å². The highest BCUT2D eigenvalue weighted by Crippen LogP contribution is 2.39. The first-order chi connectivity index (χ1) is 9.62. The summed E-state index contributed by atoms with van der Waals surface area (Å²) in [4.78, 5) is 11.8. The molecule has 21 heavy (non-hydrogen) atoms. The summed E-state index contributed by atoms with van der Waals surface area (Å²) in [5.41, 5.74) is -0.0652. The number of nitrogens with one attached hydrogen (secondary N) is 1. The van der Waals surface area contributed by atoms with Crippen LogP contribution >= 0.6 is 0 Å². The van der Waals surface area contributed by atoms with Crippen molar-refractivity contribution in [2.24, 2.45) is 10.6 Å². The third-order valence-electron chi connectivity index (χ3n) is 4.05. The molecule has 3 N–H and O–H groups in total. The Morgan fingerprint density at radius 3 is 2.52 bits per heavy atom. The summed E-state index contributed by atoms with van der Waals surface area (Å²) < 4.78 is 36.8. The van der Waals surface area contributed by atoms with E-state index in [1.165, 1.54) is 6.92 Å². The lowest BCUT2D eigenvalue weighted by Crippen LogP contribution is -2.40. The number of primary sulfonamides is 1. The van der Waals surface area contributed by atoms with E-state index >= 15 is 0 Å². The molecule has 0 radical (unpaired) electrons. The molecule has 1 amide bonds. The van der Waals surface area contributed by atoms with Crippen LogP contribution in [-0.4, -0.2) is 20.9 Å². The third-order valence-corrected chi connectivity index (χ3v) is 5.11. The van der Waals surface area contributed by atoms with E-state index in [1.807, 2.05) is 0 Å². The fourth-order valence-electron chi connectivity index (χ4n) is 2.48. The molecular weight excluding hydrogens is 295 g/mol. The number of benzene rings is 1. The normalized spacial score (nSPS) is 17.1. The summed E-state index contributed by atoms with van der Waals surface area (Å²) in [6.07, 6.45) is 3.17. The molecule has 0 bridgehead atoms. The zero-order chi connectivity index (χ0) is 15.8. The number of aryl methyl sites for hydroxylation is 1. The van der Waals surface area contributed by atoms with E-state index in [0.717, 1.165) is 31.4 Å². The van der Waals surface area contributed by atoms with Gasteiger partial charge in [0.15, 0.2) is 0 Å². The molecular formula is C14H19FN2O3S. The molecule has 0 atom stereocenters. The zero-order valence-corrected chi connectivity index (χ0v) is 12.9. The van der Waals surface area contributed by atoms with Crippen molar-refractivity contribution in [1.82, 2.24) is 5.32 Å². The molecule has 1 aliphatic carbocycles. The number of halogens is 1. The van der Waals surface area contributed by atoms with E-state index in [-0.39, 0.29) is 21.4 Å². The van der Waals surface area contributed by atoms with Gasteiger partial charge in [0.25, 0.3) is 5.91 Å². The number of amides is 1. The molecule has 1 aliphatic rings.